The van der Waals surface area contributed by atoms with Crippen LogP contribution in [0.25, 0.3) is 0 Å². The van der Waals surface area contributed by atoms with Gasteiger partial charge < -0.3 is 10.6 Å². The third-order valence-corrected chi connectivity index (χ3v) is 3.62. The van der Waals surface area contributed by atoms with E-state index in [0.717, 1.165) is 24.0 Å². The number of anilines is 1. The standard InChI is InChI=1S/C12H16BrN3O2/c13-9-3-4-11(12(8-9)16(17)18)15-7-5-10-2-1-6-14-10/h3-4,8,10,14-15H,1-2,5-7H2. The zero-order valence-corrected chi connectivity index (χ0v) is 11.6. The minimum absolute atomic E-state index is 0.115. The smallest absolute Gasteiger partial charge is 0.293 e. The largest absolute Gasteiger partial charge is 0.379 e. The van der Waals surface area contributed by atoms with Crippen LogP contribution in [0, 0.1) is 10.1 Å². The van der Waals surface area contributed by atoms with Crippen LogP contribution in [0.4, 0.5) is 11.4 Å². The summed E-state index contributed by atoms with van der Waals surface area (Å²) in [5.41, 5.74) is 0.699. The zero-order valence-electron chi connectivity index (χ0n) is 9.99. The van der Waals surface area contributed by atoms with Gasteiger partial charge >= 0.3 is 0 Å². The highest BCUT2D eigenvalue weighted by Crippen LogP contribution is 2.28. The lowest BCUT2D eigenvalue weighted by Gasteiger charge is -2.11. The summed E-state index contributed by atoms with van der Waals surface area (Å²) >= 11 is 3.24. The van der Waals surface area contributed by atoms with Gasteiger partial charge in [-0.2, -0.15) is 0 Å². The predicted molar refractivity (Wildman–Crippen MR) is 74.9 cm³/mol. The highest BCUT2D eigenvalue weighted by Gasteiger charge is 2.16. The van der Waals surface area contributed by atoms with Gasteiger partial charge in [-0.15, -0.1) is 0 Å². The van der Waals surface area contributed by atoms with E-state index in [2.05, 4.69) is 26.6 Å². The molecule has 1 heterocycles. The van der Waals surface area contributed by atoms with E-state index in [-0.39, 0.29) is 10.6 Å². The first-order valence-electron chi connectivity index (χ1n) is 6.08. The van der Waals surface area contributed by atoms with E-state index in [1.807, 2.05) is 6.07 Å². The molecule has 2 N–H and O–H groups in total. The van der Waals surface area contributed by atoms with Crippen molar-refractivity contribution in [3.63, 3.8) is 0 Å². The highest BCUT2D eigenvalue weighted by molar-refractivity contribution is 9.10. The topological polar surface area (TPSA) is 67.2 Å². The third-order valence-electron chi connectivity index (χ3n) is 3.13. The summed E-state index contributed by atoms with van der Waals surface area (Å²) in [5, 5.41) is 17.5. The first kappa shape index (κ1) is 13.3. The highest BCUT2D eigenvalue weighted by atomic mass is 79.9. The van der Waals surface area contributed by atoms with Crippen molar-refractivity contribution < 1.29 is 4.92 Å². The Labute approximate surface area is 114 Å². The van der Waals surface area contributed by atoms with Gasteiger partial charge in [0.25, 0.3) is 5.69 Å². The molecule has 0 bridgehead atoms. The number of nitrogens with zero attached hydrogens (tertiary/aromatic N) is 1. The molecule has 1 unspecified atom stereocenters. The Morgan fingerprint density at radius 1 is 1.56 bits per heavy atom. The molecule has 0 radical (unpaired) electrons. The Hall–Kier alpha value is -1.14. The lowest BCUT2D eigenvalue weighted by molar-refractivity contribution is -0.384. The van der Waals surface area contributed by atoms with Crippen LogP contribution in [0.3, 0.4) is 0 Å². The summed E-state index contributed by atoms with van der Waals surface area (Å²) in [6.07, 6.45) is 3.42. The van der Waals surface area contributed by atoms with Crippen LogP contribution in [0.2, 0.25) is 0 Å². The van der Waals surface area contributed by atoms with E-state index >= 15 is 0 Å². The number of halogens is 1. The van der Waals surface area contributed by atoms with Gasteiger partial charge in [0.1, 0.15) is 5.69 Å². The first-order chi connectivity index (χ1) is 8.66. The van der Waals surface area contributed by atoms with Gasteiger partial charge in [-0.05, 0) is 37.9 Å². The molecule has 1 saturated heterocycles. The Morgan fingerprint density at radius 2 is 2.39 bits per heavy atom. The van der Waals surface area contributed by atoms with Gasteiger partial charge in [0.15, 0.2) is 0 Å². The molecule has 5 nitrogen and oxygen atoms in total. The quantitative estimate of drug-likeness (QED) is 0.648. The molecular formula is C12H16BrN3O2. The van der Waals surface area contributed by atoms with E-state index in [9.17, 15) is 10.1 Å². The Morgan fingerprint density at radius 3 is 3.06 bits per heavy atom. The summed E-state index contributed by atoms with van der Waals surface area (Å²) in [4.78, 5) is 10.6. The molecule has 6 heteroatoms. The van der Waals surface area contributed by atoms with Crippen LogP contribution in [0.5, 0.6) is 0 Å². The summed E-state index contributed by atoms with van der Waals surface area (Å²) in [7, 11) is 0. The zero-order chi connectivity index (χ0) is 13.0. The van der Waals surface area contributed by atoms with E-state index in [0.29, 0.717) is 11.7 Å². The van der Waals surface area contributed by atoms with Crippen LogP contribution >= 0.6 is 15.9 Å². The number of nitro groups is 1. The molecule has 0 saturated carbocycles. The molecule has 1 fully saturated rings. The molecule has 0 amide bonds. The number of benzene rings is 1. The second kappa shape index (κ2) is 6.15. The minimum Gasteiger partial charge on any atom is -0.379 e. The average molecular weight is 314 g/mol. The third kappa shape index (κ3) is 3.43. The molecule has 0 spiro atoms. The van der Waals surface area contributed by atoms with Crippen molar-refractivity contribution in [1.82, 2.24) is 5.32 Å². The fourth-order valence-electron chi connectivity index (χ4n) is 2.19. The predicted octanol–water partition coefficient (Wildman–Crippen LogP) is 2.91. The van der Waals surface area contributed by atoms with Gasteiger partial charge in [-0.1, -0.05) is 15.9 Å². The molecule has 1 aromatic carbocycles. The molecule has 0 aliphatic carbocycles. The molecule has 1 atom stereocenters. The molecule has 2 rings (SSSR count). The summed E-state index contributed by atoms with van der Waals surface area (Å²) < 4.78 is 0.720. The molecule has 18 heavy (non-hydrogen) atoms. The maximum atomic E-state index is 10.9. The van der Waals surface area contributed by atoms with Crippen molar-refractivity contribution in [3.05, 3.63) is 32.8 Å². The monoisotopic (exact) mass is 313 g/mol. The van der Waals surface area contributed by atoms with E-state index in [4.69, 9.17) is 0 Å². The van der Waals surface area contributed by atoms with E-state index in [1.165, 1.54) is 18.9 Å². The van der Waals surface area contributed by atoms with Gasteiger partial charge in [0, 0.05) is 23.1 Å². The maximum Gasteiger partial charge on any atom is 0.293 e. The maximum absolute atomic E-state index is 10.9. The van der Waals surface area contributed by atoms with Crippen molar-refractivity contribution in [3.8, 4) is 0 Å². The van der Waals surface area contributed by atoms with Crippen molar-refractivity contribution >= 4 is 27.3 Å². The number of nitro benzene ring substituents is 1. The summed E-state index contributed by atoms with van der Waals surface area (Å²) in [6.45, 7) is 1.84. The Kier molecular flexibility index (Phi) is 4.54. The van der Waals surface area contributed by atoms with Crippen LogP contribution in [-0.2, 0) is 0 Å². The van der Waals surface area contributed by atoms with Gasteiger partial charge in [-0.3, -0.25) is 10.1 Å². The van der Waals surface area contributed by atoms with Crippen LogP contribution < -0.4 is 10.6 Å². The molecule has 1 aliphatic heterocycles. The fourth-order valence-corrected chi connectivity index (χ4v) is 2.54. The number of hydrogen-bond donors (Lipinski definition) is 2. The Bertz CT molecular complexity index is 433. The van der Waals surface area contributed by atoms with E-state index < -0.39 is 0 Å². The van der Waals surface area contributed by atoms with Gasteiger partial charge in [-0.25, -0.2) is 0 Å². The van der Waals surface area contributed by atoms with Gasteiger partial charge in [0.2, 0.25) is 0 Å². The summed E-state index contributed by atoms with van der Waals surface area (Å²) in [5.74, 6) is 0. The lowest BCUT2D eigenvalue weighted by atomic mass is 10.1. The molecule has 98 valence electrons. The van der Waals surface area contributed by atoms with Crippen molar-refractivity contribution in [2.24, 2.45) is 0 Å². The van der Waals surface area contributed by atoms with Crippen LogP contribution in [0.1, 0.15) is 19.3 Å². The Balaban J connectivity index is 1.93. The molecule has 0 aromatic heterocycles. The lowest BCUT2D eigenvalue weighted by Crippen LogP contribution is -2.24. The van der Waals surface area contributed by atoms with Crippen molar-refractivity contribution in [2.45, 2.75) is 25.3 Å². The minimum atomic E-state index is -0.360. The SMILES string of the molecule is O=[N+]([O-])c1cc(Br)ccc1NCCC1CCCN1. The van der Waals surface area contributed by atoms with Crippen LogP contribution in [0.15, 0.2) is 22.7 Å². The second-order valence-corrected chi connectivity index (χ2v) is 5.34. The molecule has 1 aromatic rings. The number of rotatable bonds is 5. The van der Waals surface area contributed by atoms with Crippen molar-refractivity contribution in [2.75, 3.05) is 18.4 Å². The first-order valence-corrected chi connectivity index (χ1v) is 6.87. The average Bonchev–Trinajstić information content (AvgIpc) is 2.84. The van der Waals surface area contributed by atoms with Gasteiger partial charge in [0.05, 0.1) is 4.92 Å². The van der Waals surface area contributed by atoms with E-state index in [1.54, 1.807) is 6.07 Å². The van der Waals surface area contributed by atoms with Crippen molar-refractivity contribution in [1.29, 1.82) is 0 Å². The molecular weight excluding hydrogens is 298 g/mol. The second-order valence-electron chi connectivity index (χ2n) is 4.43. The summed E-state index contributed by atoms with van der Waals surface area (Å²) in [6, 6.07) is 5.62. The fraction of sp³-hybridized carbons (Fsp3) is 0.500. The molecule has 1 aliphatic rings. The normalized spacial score (nSPS) is 18.8. The number of hydrogen-bond acceptors (Lipinski definition) is 4. The van der Waals surface area contributed by atoms with Crippen LogP contribution in [-0.4, -0.2) is 24.1 Å². The number of nitrogens with one attached hydrogen (secondary N) is 2.